The number of fused-ring (bicyclic) bond motifs is 3. The Hall–Kier alpha value is -0.980. The maximum absolute atomic E-state index is 3.55. The Bertz CT molecular complexity index is 344. The maximum atomic E-state index is 3.55. The van der Waals surface area contributed by atoms with E-state index >= 15 is 0 Å². The van der Waals surface area contributed by atoms with Crippen molar-refractivity contribution in [2.75, 3.05) is 0 Å². The van der Waals surface area contributed by atoms with Crippen molar-refractivity contribution in [1.29, 1.82) is 0 Å². The second-order valence-corrected chi connectivity index (χ2v) is 3.79. The first-order valence-electron chi connectivity index (χ1n) is 4.84. The second-order valence-electron chi connectivity index (χ2n) is 3.79. The van der Waals surface area contributed by atoms with E-state index in [4.69, 9.17) is 0 Å². The topological polar surface area (TPSA) is 15.8 Å². The van der Waals surface area contributed by atoms with Crippen LogP contribution in [-0.2, 0) is 19.3 Å². The number of hydrogen-bond donors (Lipinski definition) is 1. The summed E-state index contributed by atoms with van der Waals surface area (Å²) in [6.07, 6.45) is 11.0. The van der Waals surface area contributed by atoms with Gasteiger partial charge >= 0.3 is 0 Å². The molecule has 0 aromatic carbocycles. The van der Waals surface area contributed by atoms with Gasteiger partial charge in [-0.25, -0.2) is 0 Å². The third kappa shape index (κ3) is 0.739. The minimum atomic E-state index is 1.13. The zero-order chi connectivity index (χ0) is 7.97. The predicted octanol–water partition coefficient (Wildman–Crippen LogP) is 2.46. The molecule has 1 aromatic rings. The molecular formula is C11H13N. The van der Waals surface area contributed by atoms with Crippen molar-refractivity contribution in [1.82, 2.24) is 4.98 Å². The van der Waals surface area contributed by atoms with Crippen molar-refractivity contribution < 1.29 is 0 Å². The second kappa shape index (κ2) is 2.25. The molecule has 0 fully saturated rings. The fraction of sp³-hybridized carbons (Fsp3) is 0.455. The summed E-state index contributed by atoms with van der Waals surface area (Å²) in [5, 5.41) is 0. The predicted molar refractivity (Wildman–Crippen MR) is 50.2 cm³/mol. The van der Waals surface area contributed by atoms with Gasteiger partial charge in [0.15, 0.2) is 0 Å². The smallest absolute Gasteiger partial charge is 0.0263 e. The minimum absolute atomic E-state index is 1.13. The molecule has 2 aliphatic rings. The summed E-state index contributed by atoms with van der Waals surface area (Å²) in [7, 11) is 0. The largest absolute Gasteiger partial charge is 0.361 e. The number of rotatable bonds is 0. The highest BCUT2D eigenvalue weighted by Gasteiger charge is 2.19. The van der Waals surface area contributed by atoms with E-state index in [-0.39, 0.29) is 0 Å². The Balaban J connectivity index is 2.20. The van der Waals surface area contributed by atoms with E-state index in [1.54, 1.807) is 5.56 Å². The van der Waals surface area contributed by atoms with Gasteiger partial charge in [0.1, 0.15) is 0 Å². The Morgan fingerprint density at radius 2 is 2.00 bits per heavy atom. The molecule has 0 aliphatic heterocycles. The van der Waals surface area contributed by atoms with Crippen LogP contribution in [0, 0.1) is 0 Å². The maximum Gasteiger partial charge on any atom is 0.0263 e. The highest BCUT2D eigenvalue weighted by Crippen LogP contribution is 2.31. The van der Waals surface area contributed by atoms with E-state index in [0.717, 1.165) is 6.42 Å². The van der Waals surface area contributed by atoms with Gasteiger partial charge in [-0.15, -0.1) is 0 Å². The summed E-state index contributed by atoms with van der Waals surface area (Å²) in [6, 6.07) is 0. The summed E-state index contributed by atoms with van der Waals surface area (Å²) in [6.45, 7) is 0. The van der Waals surface area contributed by atoms with E-state index in [1.807, 2.05) is 0 Å². The van der Waals surface area contributed by atoms with Crippen LogP contribution in [0.25, 0.3) is 6.08 Å². The summed E-state index contributed by atoms with van der Waals surface area (Å²) < 4.78 is 0. The Morgan fingerprint density at radius 3 is 3.00 bits per heavy atom. The van der Waals surface area contributed by atoms with Crippen molar-refractivity contribution in [2.45, 2.75) is 32.1 Å². The van der Waals surface area contributed by atoms with Gasteiger partial charge < -0.3 is 4.98 Å². The molecule has 0 amide bonds. The summed E-state index contributed by atoms with van der Waals surface area (Å²) >= 11 is 0. The minimum Gasteiger partial charge on any atom is -0.361 e. The quantitative estimate of drug-likeness (QED) is 0.598. The Kier molecular flexibility index (Phi) is 1.23. The molecule has 0 unspecified atom stereocenters. The van der Waals surface area contributed by atoms with Crippen LogP contribution in [0.1, 0.15) is 35.4 Å². The molecule has 1 nitrogen and oxygen atoms in total. The summed E-state index contributed by atoms with van der Waals surface area (Å²) in [5.74, 6) is 0. The highest BCUT2D eigenvalue weighted by molar-refractivity contribution is 5.64. The number of nitrogens with one attached hydrogen (secondary N) is 1. The lowest BCUT2D eigenvalue weighted by Gasteiger charge is -2.10. The molecule has 3 rings (SSSR count). The van der Waals surface area contributed by atoms with E-state index in [9.17, 15) is 0 Å². The van der Waals surface area contributed by atoms with Crippen LogP contribution in [0.15, 0.2) is 6.08 Å². The van der Waals surface area contributed by atoms with Gasteiger partial charge in [0.05, 0.1) is 0 Å². The molecule has 1 heteroatoms. The molecule has 0 saturated heterocycles. The standard InChI is InChI=1S/C11H13N/c1-2-6-10-8(4-1)9-5-3-7-11(9)12-10/h3,5,12H,1-2,4,6-7H2. The van der Waals surface area contributed by atoms with E-state index in [0.29, 0.717) is 0 Å². The molecule has 1 aromatic heterocycles. The van der Waals surface area contributed by atoms with Crippen LogP contribution in [0.3, 0.4) is 0 Å². The number of aromatic nitrogens is 1. The van der Waals surface area contributed by atoms with Crippen molar-refractivity contribution >= 4 is 6.08 Å². The lowest BCUT2D eigenvalue weighted by Crippen LogP contribution is -2.00. The lowest BCUT2D eigenvalue weighted by atomic mass is 9.95. The van der Waals surface area contributed by atoms with Gasteiger partial charge in [-0.1, -0.05) is 12.2 Å². The Labute approximate surface area is 72.5 Å². The van der Waals surface area contributed by atoms with Crippen LogP contribution < -0.4 is 0 Å². The molecule has 0 radical (unpaired) electrons. The number of hydrogen-bond acceptors (Lipinski definition) is 0. The summed E-state index contributed by atoms with van der Waals surface area (Å²) in [5.41, 5.74) is 6.12. The van der Waals surface area contributed by atoms with Crippen LogP contribution in [0.4, 0.5) is 0 Å². The molecule has 0 atom stereocenters. The van der Waals surface area contributed by atoms with Crippen LogP contribution in [0.2, 0.25) is 0 Å². The molecule has 1 N–H and O–H groups in total. The summed E-state index contributed by atoms with van der Waals surface area (Å²) in [4.78, 5) is 3.55. The van der Waals surface area contributed by atoms with Crippen molar-refractivity contribution in [3.63, 3.8) is 0 Å². The molecular weight excluding hydrogens is 146 g/mol. The van der Waals surface area contributed by atoms with Gasteiger partial charge in [-0.2, -0.15) is 0 Å². The molecule has 2 aliphatic carbocycles. The highest BCUT2D eigenvalue weighted by atomic mass is 14.7. The van der Waals surface area contributed by atoms with Crippen molar-refractivity contribution in [2.24, 2.45) is 0 Å². The molecule has 0 saturated carbocycles. The van der Waals surface area contributed by atoms with Gasteiger partial charge in [0, 0.05) is 17.8 Å². The number of aryl methyl sites for hydroxylation is 1. The zero-order valence-electron chi connectivity index (χ0n) is 7.19. The SMILES string of the molecule is C1=Cc2c([nH]c3c2CCCC3)C1. The van der Waals surface area contributed by atoms with Crippen LogP contribution >= 0.6 is 0 Å². The third-order valence-corrected chi connectivity index (χ3v) is 3.03. The van der Waals surface area contributed by atoms with Crippen LogP contribution in [-0.4, -0.2) is 4.98 Å². The third-order valence-electron chi connectivity index (χ3n) is 3.03. The number of allylic oxidation sites excluding steroid dienone is 1. The first kappa shape index (κ1) is 6.53. The van der Waals surface area contributed by atoms with Crippen LogP contribution in [0.5, 0.6) is 0 Å². The van der Waals surface area contributed by atoms with Crippen molar-refractivity contribution in [3.05, 3.63) is 28.6 Å². The molecule has 1 heterocycles. The Morgan fingerprint density at radius 1 is 1.08 bits per heavy atom. The average molecular weight is 159 g/mol. The normalized spacial score (nSPS) is 19.3. The fourth-order valence-electron chi connectivity index (χ4n) is 2.43. The lowest BCUT2D eigenvalue weighted by molar-refractivity contribution is 0.676. The van der Waals surface area contributed by atoms with Gasteiger partial charge in [0.25, 0.3) is 0 Å². The monoisotopic (exact) mass is 159 g/mol. The van der Waals surface area contributed by atoms with E-state index in [2.05, 4.69) is 17.1 Å². The molecule has 62 valence electrons. The first-order chi connectivity index (χ1) is 5.95. The van der Waals surface area contributed by atoms with E-state index in [1.165, 1.54) is 42.6 Å². The molecule has 0 spiro atoms. The van der Waals surface area contributed by atoms with E-state index < -0.39 is 0 Å². The number of aromatic amines is 1. The number of H-pyrrole nitrogens is 1. The fourth-order valence-corrected chi connectivity index (χ4v) is 2.43. The molecule has 0 bridgehead atoms. The average Bonchev–Trinajstić information content (AvgIpc) is 2.62. The van der Waals surface area contributed by atoms with Crippen molar-refractivity contribution in [3.8, 4) is 0 Å². The van der Waals surface area contributed by atoms with Gasteiger partial charge in [-0.05, 0) is 36.8 Å². The zero-order valence-corrected chi connectivity index (χ0v) is 7.19. The van der Waals surface area contributed by atoms with Gasteiger partial charge in [0.2, 0.25) is 0 Å². The molecule has 12 heavy (non-hydrogen) atoms. The van der Waals surface area contributed by atoms with Gasteiger partial charge in [-0.3, -0.25) is 0 Å². The first-order valence-corrected chi connectivity index (χ1v) is 4.84.